The van der Waals surface area contributed by atoms with Crippen LogP contribution in [0, 0.1) is 0 Å². The fraction of sp³-hybridized carbons (Fsp3) is 0.588. The maximum atomic E-state index is 12.6. The topological polar surface area (TPSA) is 64.1 Å². The molecule has 0 saturated heterocycles. The van der Waals surface area contributed by atoms with E-state index in [4.69, 9.17) is 32.7 Å². The molecule has 2 N–H and O–H groups in total. The zero-order chi connectivity index (χ0) is 20.1. The molecule has 154 valence electrons. The van der Waals surface area contributed by atoms with E-state index in [1.54, 1.807) is 7.11 Å². The van der Waals surface area contributed by atoms with Gasteiger partial charge in [-0.2, -0.15) is 8.78 Å². The number of alkyl halides is 2. The maximum Gasteiger partial charge on any atom is 0.387 e. The molecule has 0 heterocycles. The predicted octanol–water partition coefficient (Wildman–Crippen LogP) is 3.70. The Kier molecular flexibility index (Phi) is 12.1. The van der Waals surface area contributed by atoms with Crippen molar-refractivity contribution < 1.29 is 23.0 Å². The van der Waals surface area contributed by atoms with Crippen molar-refractivity contribution >= 4 is 29.2 Å². The minimum absolute atomic E-state index is 0.0131. The molecule has 0 unspecified atom stereocenters. The van der Waals surface area contributed by atoms with Crippen molar-refractivity contribution in [1.82, 2.24) is 10.6 Å². The highest BCUT2D eigenvalue weighted by Crippen LogP contribution is 2.34. The minimum Gasteiger partial charge on any atom is -0.433 e. The van der Waals surface area contributed by atoms with Gasteiger partial charge >= 0.3 is 6.61 Å². The minimum atomic E-state index is -2.99. The molecule has 0 radical (unpaired) electrons. The van der Waals surface area contributed by atoms with E-state index < -0.39 is 6.61 Å². The van der Waals surface area contributed by atoms with Gasteiger partial charge in [0, 0.05) is 37.4 Å². The number of nitrogens with zero attached hydrogens (tertiary/aromatic N) is 1. The molecule has 0 atom stereocenters. The van der Waals surface area contributed by atoms with Crippen LogP contribution in [0.4, 0.5) is 8.78 Å². The Morgan fingerprint density at radius 3 is 2.63 bits per heavy atom. The second-order valence-corrected chi connectivity index (χ2v) is 6.18. The van der Waals surface area contributed by atoms with Crippen LogP contribution in [0.15, 0.2) is 17.1 Å². The molecule has 0 spiro atoms. The monoisotopic (exact) mass is 427 g/mol. The van der Waals surface area contributed by atoms with Crippen LogP contribution in [0.25, 0.3) is 0 Å². The van der Waals surface area contributed by atoms with E-state index in [2.05, 4.69) is 20.4 Å². The van der Waals surface area contributed by atoms with Gasteiger partial charge in [-0.15, -0.1) is 0 Å². The SMILES string of the molecule is CCNC(=NCc1cc(Cl)cc(Cl)c1OC(F)F)NCCCOCCOC. The second kappa shape index (κ2) is 13.8. The maximum absolute atomic E-state index is 12.6. The van der Waals surface area contributed by atoms with Crippen LogP contribution in [-0.2, 0) is 16.0 Å². The van der Waals surface area contributed by atoms with Crippen LogP contribution < -0.4 is 15.4 Å². The number of hydrogen-bond acceptors (Lipinski definition) is 4. The summed E-state index contributed by atoms with van der Waals surface area (Å²) in [6.07, 6.45) is 0.775. The normalized spacial score (nSPS) is 11.7. The Morgan fingerprint density at radius 2 is 1.96 bits per heavy atom. The van der Waals surface area contributed by atoms with E-state index in [-0.39, 0.29) is 17.3 Å². The summed E-state index contributed by atoms with van der Waals surface area (Å²) in [5.41, 5.74) is 0.368. The lowest BCUT2D eigenvalue weighted by molar-refractivity contribution is -0.0503. The summed E-state index contributed by atoms with van der Waals surface area (Å²) < 4.78 is 40.0. The molecule has 6 nitrogen and oxygen atoms in total. The fourth-order valence-corrected chi connectivity index (χ4v) is 2.66. The van der Waals surface area contributed by atoms with Crippen molar-refractivity contribution in [1.29, 1.82) is 0 Å². The Morgan fingerprint density at radius 1 is 1.19 bits per heavy atom. The zero-order valence-corrected chi connectivity index (χ0v) is 16.9. The molecule has 0 aliphatic heterocycles. The van der Waals surface area contributed by atoms with Gasteiger partial charge in [-0.25, -0.2) is 4.99 Å². The van der Waals surface area contributed by atoms with E-state index in [0.29, 0.717) is 49.5 Å². The number of methoxy groups -OCH3 is 1. The molecule has 27 heavy (non-hydrogen) atoms. The van der Waals surface area contributed by atoms with Crippen LogP contribution in [0.2, 0.25) is 10.0 Å². The molecular weight excluding hydrogens is 403 g/mol. The van der Waals surface area contributed by atoms with Gasteiger partial charge in [-0.3, -0.25) is 0 Å². The molecule has 0 aliphatic carbocycles. The average molecular weight is 428 g/mol. The lowest BCUT2D eigenvalue weighted by Gasteiger charge is -2.14. The third kappa shape index (κ3) is 9.95. The van der Waals surface area contributed by atoms with Crippen LogP contribution >= 0.6 is 23.2 Å². The van der Waals surface area contributed by atoms with Gasteiger partial charge in [-0.1, -0.05) is 23.2 Å². The number of hydrogen-bond donors (Lipinski definition) is 2. The standard InChI is InChI=1S/C17H25Cl2F2N3O3/c1-3-22-17(23-5-4-6-26-8-7-25-2)24-11-12-9-13(18)10-14(19)15(12)27-16(20)21/h9-10,16H,3-8,11H2,1-2H3,(H2,22,23,24). The van der Waals surface area contributed by atoms with E-state index in [9.17, 15) is 8.78 Å². The van der Waals surface area contributed by atoms with Crippen molar-refractivity contribution in [3.8, 4) is 5.75 Å². The highest BCUT2D eigenvalue weighted by Gasteiger charge is 2.15. The predicted molar refractivity (Wildman–Crippen MR) is 103 cm³/mol. The van der Waals surface area contributed by atoms with Crippen LogP contribution in [0.3, 0.4) is 0 Å². The molecule has 0 aliphatic rings. The Bertz CT molecular complexity index is 593. The summed E-state index contributed by atoms with van der Waals surface area (Å²) in [6, 6.07) is 2.85. The molecule has 0 saturated carbocycles. The lowest BCUT2D eigenvalue weighted by atomic mass is 10.2. The first kappa shape index (κ1) is 23.7. The highest BCUT2D eigenvalue weighted by atomic mass is 35.5. The molecular formula is C17H25Cl2F2N3O3. The first-order chi connectivity index (χ1) is 13.0. The van der Waals surface area contributed by atoms with Crippen molar-refractivity contribution in [3.05, 3.63) is 27.7 Å². The Balaban J connectivity index is 2.66. The summed E-state index contributed by atoms with van der Waals surface area (Å²) in [6.45, 7) is 1.98. The van der Waals surface area contributed by atoms with Gasteiger partial charge in [0.2, 0.25) is 0 Å². The molecule has 10 heteroatoms. The number of benzene rings is 1. The largest absolute Gasteiger partial charge is 0.433 e. The summed E-state index contributed by atoms with van der Waals surface area (Å²) >= 11 is 11.9. The Labute approximate surface area is 168 Å². The van der Waals surface area contributed by atoms with Gasteiger partial charge in [0.05, 0.1) is 24.8 Å². The number of guanidine groups is 1. The van der Waals surface area contributed by atoms with Crippen LogP contribution in [-0.4, -0.2) is 52.6 Å². The average Bonchev–Trinajstić information content (AvgIpc) is 2.61. The molecule has 0 aromatic heterocycles. The third-order valence-electron chi connectivity index (χ3n) is 3.23. The quantitative estimate of drug-likeness (QED) is 0.302. The van der Waals surface area contributed by atoms with E-state index in [1.165, 1.54) is 12.1 Å². The number of ether oxygens (including phenoxy) is 3. The molecule has 0 bridgehead atoms. The van der Waals surface area contributed by atoms with Crippen LogP contribution in [0.1, 0.15) is 18.9 Å². The van der Waals surface area contributed by atoms with E-state index in [1.807, 2.05) is 6.92 Å². The van der Waals surface area contributed by atoms with Gasteiger partial charge in [0.25, 0.3) is 0 Å². The summed E-state index contributed by atoms with van der Waals surface area (Å²) in [4.78, 5) is 4.37. The smallest absolute Gasteiger partial charge is 0.387 e. The lowest BCUT2D eigenvalue weighted by Crippen LogP contribution is -2.38. The number of nitrogens with one attached hydrogen (secondary N) is 2. The highest BCUT2D eigenvalue weighted by molar-refractivity contribution is 6.35. The summed E-state index contributed by atoms with van der Waals surface area (Å²) in [5.74, 6) is 0.413. The molecule has 1 aromatic carbocycles. The summed E-state index contributed by atoms with van der Waals surface area (Å²) in [7, 11) is 1.62. The molecule has 0 fully saturated rings. The molecule has 0 amide bonds. The van der Waals surface area contributed by atoms with Gasteiger partial charge < -0.3 is 24.8 Å². The van der Waals surface area contributed by atoms with Crippen molar-refractivity contribution in [2.75, 3.05) is 40.0 Å². The van der Waals surface area contributed by atoms with Gasteiger partial charge in [0.1, 0.15) is 5.75 Å². The first-order valence-corrected chi connectivity index (χ1v) is 9.25. The second-order valence-electron chi connectivity index (χ2n) is 5.34. The van der Waals surface area contributed by atoms with Crippen molar-refractivity contribution in [2.24, 2.45) is 4.99 Å². The van der Waals surface area contributed by atoms with Gasteiger partial charge in [-0.05, 0) is 25.5 Å². The zero-order valence-electron chi connectivity index (χ0n) is 15.4. The van der Waals surface area contributed by atoms with Crippen LogP contribution in [0.5, 0.6) is 5.75 Å². The number of halogens is 4. The summed E-state index contributed by atoms with van der Waals surface area (Å²) in [5, 5.41) is 6.55. The Hall–Kier alpha value is -1.35. The molecule has 1 aromatic rings. The third-order valence-corrected chi connectivity index (χ3v) is 3.73. The van der Waals surface area contributed by atoms with Gasteiger partial charge in [0.15, 0.2) is 5.96 Å². The molecule has 1 rings (SSSR count). The number of rotatable bonds is 12. The number of aliphatic imine (C=N–C) groups is 1. The van der Waals surface area contributed by atoms with E-state index >= 15 is 0 Å². The van der Waals surface area contributed by atoms with Crippen molar-refractivity contribution in [3.63, 3.8) is 0 Å². The van der Waals surface area contributed by atoms with Crippen molar-refractivity contribution in [2.45, 2.75) is 26.5 Å². The fourth-order valence-electron chi connectivity index (χ4n) is 2.08. The first-order valence-electron chi connectivity index (χ1n) is 8.49. The van der Waals surface area contributed by atoms with E-state index in [0.717, 1.165) is 6.42 Å².